The second kappa shape index (κ2) is 6.54. The van der Waals surface area contributed by atoms with Gasteiger partial charge >= 0.3 is 0 Å². The first-order chi connectivity index (χ1) is 11.5. The van der Waals surface area contributed by atoms with Crippen LogP contribution in [0.3, 0.4) is 0 Å². The smallest absolute Gasteiger partial charge is 0.180 e. The highest BCUT2D eigenvalue weighted by molar-refractivity contribution is 8.03. The highest BCUT2D eigenvalue weighted by Gasteiger charge is 2.25. The molecule has 5 nitrogen and oxygen atoms in total. The molecule has 7 heteroatoms. The third-order valence-corrected chi connectivity index (χ3v) is 4.40. The zero-order valence-corrected chi connectivity index (χ0v) is 14.2. The van der Waals surface area contributed by atoms with Crippen LogP contribution in [-0.2, 0) is 0 Å². The molecule has 1 aliphatic heterocycles. The lowest BCUT2D eigenvalue weighted by Crippen LogP contribution is -2.38. The molecule has 0 fully saturated rings. The number of thioether (sulfide) groups is 1. The van der Waals surface area contributed by atoms with E-state index in [1.54, 1.807) is 12.1 Å². The van der Waals surface area contributed by atoms with Crippen molar-refractivity contribution in [2.24, 2.45) is 16.6 Å². The molecule has 3 rings (SSSR count). The van der Waals surface area contributed by atoms with E-state index in [0.29, 0.717) is 15.7 Å². The van der Waals surface area contributed by atoms with Crippen molar-refractivity contribution in [1.29, 1.82) is 0 Å². The van der Waals surface area contributed by atoms with E-state index in [0.717, 1.165) is 17.1 Å². The number of halogens is 1. The molecule has 0 saturated carbocycles. The van der Waals surface area contributed by atoms with Gasteiger partial charge in [0.1, 0.15) is 16.7 Å². The topological polar surface area (TPSA) is 70.9 Å². The Hall–Kier alpha value is -2.51. The van der Waals surface area contributed by atoms with Crippen molar-refractivity contribution in [3.8, 4) is 0 Å². The number of hydrazine groups is 1. The van der Waals surface area contributed by atoms with Gasteiger partial charge < -0.3 is 10.6 Å². The van der Waals surface area contributed by atoms with Crippen LogP contribution >= 0.6 is 11.8 Å². The lowest BCUT2D eigenvalue weighted by atomic mass is 10.1. The van der Waals surface area contributed by atoms with Crippen LogP contribution in [0.4, 0.5) is 10.1 Å². The molecular formula is C17H18FN5S. The number of amidine groups is 1. The number of anilines is 1. The Kier molecular flexibility index (Phi) is 4.46. The minimum Gasteiger partial charge on any atom is -0.390 e. The number of para-hydroxylation sites is 1. The average Bonchev–Trinajstić information content (AvgIpc) is 2.55. The van der Waals surface area contributed by atoms with Crippen LogP contribution < -0.4 is 16.6 Å². The Labute approximate surface area is 144 Å². The van der Waals surface area contributed by atoms with Crippen LogP contribution in [-0.4, -0.2) is 24.8 Å². The Morgan fingerprint density at radius 1 is 1.17 bits per heavy atom. The van der Waals surface area contributed by atoms with Gasteiger partial charge in [0.05, 0.1) is 5.69 Å². The molecule has 2 aromatic carbocycles. The second-order valence-electron chi connectivity index (χ2n) is 5.46. The summed E-state index contributed by atoms with van der Waals surface area (Å²) in [7, 11) is 3.82. The van der Waals surface area contributed by atoms with Crippen LogP contribution in [0, 0.1) is 5.82 Å². The first kappa shape index (κ1) is 16.4. The summed E-state index contributed by atoms with van der Waals surface area (Å²) in [4.78, 5) is 7.20. The quantitative estimate of drug-likeness (QED) is 0.648. The standard InChI is InChI=1S/C17H18FN5S/c1-22(2)16-13-8-3-4-9-14(13)23(20)17(21-16)15(19)24-12-7-5-6-11(18)10-12/h3-10H,19-20H2,1-2H3/b17-15+. The van der Waals surface area contributed by atoms with Crippen molar-refractivity contribution >= 4 is 23.3 Å². The lowest BCUT2D eigenvalue weighted by Gasteiger charge is -2.30. The SMILES string of the molecule is CN(C)C1=N/C(=C(/N)Sc2cccc(F)c2)N(N)c2ccccc21. The van der Waals surface area contributed by atoms with Crippen molar-refractivity contribution in [2.45, 2.75) is 4.90 Å². The van der Waals surface area contributed by atoms with Crippen molar-refractivity contribution in [1.82, 2.24) is 4.90 Å². The highest BCUT2D eigenvalue weighted by atomic mass is 32.2. The fourth-order valence-electron chi connectivity index (χ4n) is 2.42. The van der Waals surface area contributed by atoms with Crippen molar-refractivity contribution in [3.63, 3.8) is 0 Å². The normalized spacial score (nSPS) is 15.7. The van der Waals surface area contributed by atoms with Crippen LogP contribution in [0.15, 0.2) is 69.3 Å². The molecule has 0 saturated heterocycles. The van der Waals surface area contributed by atoms with Gasteiger partial charge in [0.15, 0.2) is 5.82 Å². The predicted octanol–water partition coefficient (Wildman–Crippen LogP) is 2.71. The number of aliphatic imine (C=N–C) groups is 1. The van der Waals surface area contributed by atoms with E-state index >= 15 is 0 Å². The molecule has 24 heavy (non-hydrogen) atoms. The van der Waals surface area contributed by atoms with Gasteiger partial charge in [-0.25, -0.2) is 15.2 Å². The van der Waals surface area contributed by atoms with E-state index in [2.05, 4.69) is 4.99 Å². The highest BCUT2D eigenvalue weighted by Crippen LogP contribution is 2.33. The third-order valence-electron chi connectivity index (χ3n) is 3.51. The molecule has 1 heterocycles. The summed E-state index contributed by atoms with van der Waals surface area (Å²) < 4.78 is 13.4. The molecule has 1 aliphatic rings. The maximum absolute atomic E-state index is 13.4. The minimum atomic E-state index is -0.311. The van der Waals surface area contributed by atoms with E-state index in [4.69, 9.17) is 11.6 Å². The summed E-state index contributed by atoms with van der Waals surface area (Å²) in [5.41, 5.74) is 7.96. The molecule has 0 aromatic heterocycles. The Balaban J connectivity index is 2.05. The van der Waals surface area contributed by atoms with Crippen molar-refractivity contribution in [2.75, 3.05) is 19.1 Å². The largest absolute Gasteiger partial charge is 0.390 e. The van der Waals surface area contributed by atoms with Gasteiger partial charge in [0.2, 0.25) is 0 Å². The summed E-state index contributed by atoms with van der Waals surface area (Å²) in [5, 5.41) is 1.86. The molecule has 0 atom stereocenters. The van der Waals surface area contributed by atoms with E-state index in [9.17, 15) is 4.39 Å². The lowest BCUT2D eigenvalue weighted by molar-refractivity contribution is 0.618. The number of nitrogens with two attached hydrogens (primary N) is 2. The molecule has 0 amide bonds. The van der Waals surface area contributed by atoms with E-state index in [-0.39, 0.29) is 5.82 Å². The van der Waals surface area contributed by atoms with E-state index in [1.165, 1.54) is 28.9 Å². The van der Waals surface area contributed by atoms with Gasteiger partial charge in [-0.3, -0.25) is 5.01 Å². The van der Waals surface area contributed by atoms with Gasteiger partial charge in [-0.1, -0.05) is 30.0 Å². The van der Waals surface area contributed by atoms with E-state index < -0.39 is 0 Å². The number of nitrogens with zero attached hydrogens (tertiary/aromatic N) is 3. The molecular weight excluding hydrogens is 325 g/mol. The second-order valence-corrected chi connectivity index (χ2v) is 6.58. The number of hydrogen-bond acceptors (Lipinski definition) is 6. The van der Waals surface area contributed by atoms with Gasteiger partial charge in [-0.15, -0.1) is 0 Å². The summed E-state index contributed by atoms with van der Waals surface area (Å²) in [6.45, 7) is 0. The van der Waals surface area contributed by atoms with Crippen molar-refractivity contribution in [3.05, 3.63) is 70.8 Å². The summed E-state index contributed by atoms with van der Waals surface area (Å²) >= 11 is 1.23. The first-order valence-electron chi connectivity index (χ1n) is 7.31. The number of benzene rings is 2. The predicted molar refractivity (Wildman–Crippen MR) is 96.8 cm³/mol. The van der Waals surface area contributed by atoms with Gasteiger partial charge in [-0.2, -0.15) is 0 Å². The first-order valence-corrected chi connectivity index (χ1v) is 8.12. The molecule has 0 radical (unpaired) electrons. The fourth-order valence-corrected chi connectivity index (χ4v) is 3.23. The molecule has 0 aliphatic carbocycles. The molecule has 0 spiro atoms. The molecule has 0 unspecified atom stereocenters. The van der Waals surface area contributed by atoms with Gasteiger partial charge in [0, 0.05) is 24.6 Å². The van der Waals surface area contributed by atoms with Crippen LogP contribution in [0.25, 0.3) is 0 Å². The average molecular weight is 343 g/mol. The molecule has 2 aromatic rings. The summed E-state index contributed by atoms with van der Waals surface area (Å²) in [5.74, 6) is 7.11. The zero-order chi connectivity index (χ0) is 17.3. The summed E-state index contributed by atoms with van der Waals surface area (Å²) in [6.07, 6.45) is 0. The van der Waals surface area contributed by atoms with Crippen LogP contribution in [0.5, 0.6) is 0 Å². The van der Waals surface area contributed by atoms with E-state index in [1.807, 2.05) is 43.3 Å². The Morgan fingerprint density at radius 2 is 1.92 bits per heavy atom. The molecule has 124 valence electrons. The third kappa shape index (κ3) is 3.08. The number of hydrogen-bond donors (Lipinski definition) is 2. The molecule has 4 N–H and O–H groups in total. The van der Waals surface area contributed by atoms with Gasteiger partial charge in [-0.05, 0) is 30.3 Å². The Bertz CT molecular complexity index is 831. The number of rotatable bonds is 2. The monoisotopic (exact) mass is 343 g/mol. The van der Waals surface area contributed by atoms with Crippen LogP contribution in [0.1, 0.15) is 5.56 Å². The van der Waals surface area contributed by atoms with Gasteiger partial charge in [0.25, 0.3) is 0 Å². The zero-order valence-electron chi connectivity index (χ0n) is 13.4. The van der Waals surface area contributed by atoms with Crippen molar-refractivity contribution < 1.29 is 4.39 Å². The molecule has 0 bridgehead atoms. The fraction of sp³-hybridized carbons (Fsp3) is 0.118. The Morgan fingerprint density at radius 3 is 2.62 bits per heavy atom. The number of fused-ring (bicyclic) bond motifs is 1. The van der Waals surface area contributed by atoms with Crippen LogP contribution in [0.2, 0.25) is 0 Å². The maximum Gasteiger partial charge on any atom is 0.180 e. The minimum absolute atomic E-state index is 0.311. The maximum atomic E-state index is 13.4. The summed E-state index contributed by atoms with van der Waals surface area (Å²) in [6, 6.07) is 14.0.